The summed E-state index contributed by atoms with van der Waals surface area (Å²) in [5, 5.41) is 1.71. The van der Waals surface area contributed by atoms with Crippen LogP contribution in [0, 0.1) is 5.92 Å². The van der Waals surface area contributed by atoms with Crippen LogP contribution in [0.4, 0.5) is 5.82 Å². The van der Waals surface area contributed by atoms with Crippen LogP contribution in [0.25, 0.3) is 10.8 Å². The zero-order chi connectivity index (χ0) is 15.4. The number of carbonyl (C=O) groups is 1. The van der Waals surface area contributed by atoms with Gasteiger partial charge in [-0.3, -0.25) is 4.79 Å². The van der Waals surface area contributed by atoms with Gasteiger partial charge in [-0.2, -0.15) is 0 Å². The molecule has 0 spiro atoms. The molecule has 0 aliphatic rings. The Kier molecular flexibility index (Phi) is 4.75. The molecule has 1 amide bonds. The molecule has 0 fully saturated rings. The maximum atomic E-state index is 12.6. The fourth-order valence-electron chi connectivity index (χ4n) is 2.24. The molecule has 2 aromatic rings. The number of hydrogen-bond acceptors (Lipinski definition) is 4. The topological polar surface area (TPSA) is 71.2 Å². The van der Waals surface area contributed by atoms with Crippen LogP contribution in [0.3, 0.4) is 0 Å². The first-order chi connectivity index (χ1) is 10.0. The monoisotopic (exact) mass is 286 g/mol. The summed E-state index contributed by atoms with van der Waals surface area (Å²) in [6, 6.07) is 7.64. The molecule has 1 aromatic heterocycles. The molecule has 0 unspecified atom stereocenters. The Morgan fingerprint density at radius 2 is 2.00 bits per heavy atom. The Bertz CT molecular complexity index is 639. The van der Waals surface area contributed by atoms with Gasteiger partial charge < -0.3 is 10.3 Å². The Balaban J connectivity index is 2.36. The van der Waals surface area contributed by atoms with Gasteiger partial charge in [0.15, 0.2) is 0 Å². The average Bonchev–Trinajstić information content (AvgIpc) is 2.50. The van der Waals surface area contributed by atoms with E-state index in [-0.39, 0.29) is 5.91 Å². The summed E-state index contributed by atoms with van der Waals surface area (Å²) in [4.78, 5) is 18.6. The van der Waals surface area contributed by atoms with Crippen molar-refractivity contribution in [3.05, 3.63) is 36.0 Å². The van der Waals surface area contributed by atoms with E-state index < -0.39 is 0 Å². The number of fused-ring (bicyclic) bond motifs is 1. The molecule has 1 heterocycles. The number of nitrogens with zero attached hydrogens (tertiary/aromatic N) is 2. The number of anilines is 1. The normalized spacial score (nSPS) is 10.9. The van der Waals surface area contributed by atoms with E-state index in [1.165, 1.54) is 0 Å². The van der Waals surface area contributed by atoms with Crippen molar-refractivity contribution in [1.82, 2.24) is 9.88 Å². The number of hydrazine groups is 1. The predicted molar refractivity (Wildman–Crippen MR) is 86.0 cm³/mol. The molecule has 0 aliphatic heterocycles. The highest BCUT2D eigenvalue weighted by atomic mass is 16.2. The molecule has 1 aromatic carbocycles. The smallest absolute Gasteiger partial charge is 0.255 e. The standard InChI is InChI=1S/C16H22N4O/c1-11(2)8-9-20(3)16(21)14-10-18-15(19-17)13-7-5-4-6-12(13)14/h4-7,10-11H,8-9,17H2,1-3H3,(H,18,19). The van der Waals surface area contributed by atoms with Crippen molar-refractivity contribution in [2.24, 2.45) is 11.8 Å². The van der Waals surface area contributed by atoms with E-state index in [4.69, 9.17) is 5.84 Å². The van der Waals surface area contributed by atoms with Crippen LogP contribution in [-0.2, 0) is 0 Å². The van der Waals surface area contributed by atoms with Gasteiger partial charge in [-0.15, -0.1) is 0 Å². The second kappa shape index (κ2) is 6.54. The van der Waals surface area contributed by atoms with E-state index in [0.717, 1.165) is 23.7 Å². The van der Waals surface area contributed by atoms with Crippen molar-refractivity contribution in [2.45, 2.75) is 20.3 Å². The Hall–Kier alpha value is -2.14. The van der Waals surface area contributed by atoms with Gasteiger partial charge in [0.05, 0.1) is 5.56 Å². The first-order valence-corrected chi connectivity index (χ1v) is 7.14. The van der Waals surface area contributed by atoms with Crippen LogP contribution in [-0.4, -0.2) is 29.4 Å². The number of amides is 1. The van der Waals surface area contributed by atoms with Crippen molar-refractivity contribution in [2.75, 3.05) is 19.0 Å². The lowest BCUT2D eigenvalue weighted by atomic mass is 10.1. The average molecular weight is 286 g/mol. The van der Waals surface area contributed by atoms with Crippen LogP contribution < -0.4 is 11.3 Å². The zero-order valence-electron chi connectivity index (χ0n) is 12.8. The first kappa shape index (κ1) is 15.3. The number of hydrogen-bond donors (Lipinski definition) is 2. The largest absolute Gasteiger partial charge is 0.342 e. The number of rotatable bonds is 5. The predicted octanol–water partition coefficient (Wildman–Crippen LogP) is 2.64. The molecule has 0 radical (unpaired) electrons. The lowest BCUT2D eigenvalue weighted by Crippen LogP contribution is -2.29. The summed E-state index contributed by atoms with van der Waals surface area (Å²) in [5.74, 6) is 6.61. The molecule has 21 heavy (non-hydrogen) atoms. The highest BCUT2D eigenvalue weighted by molar-refractivity contribution is 6.09. The third-order valence-electron chi connectivity index (χ3n) is 3.55. The molecular formula is C16H22N4O. The van der Waals surface area contributed by atoms with E-state index in [9.17, 15) is 4.79 Å². The van der Waals surface area contributed by atoms with Gasteiger partial charge in [-0.1, -0.05) is 38.1 Å². The second-order valence-electron chi connectivity index (χ2n) is 5.62. The van der Waals surface area contributed by atoms with Crippen molar-refractivity contribution in [1.29, 1.82) is 0 Å². The van der Waals surface area contributed by atoms with Gasteiger partial charge in [0.1, 0.15) is 5.82 Å². The minimum absolute atomic E-state index is 0.0112. The Labute approximate surface area is 125 Å². The summed E-state index contributed by atoms with van der Waals surface area (Å²) in [5.41, 5.74) is 3.18. The molecule has 0 aliphatic carbocycles. The van der Waals surface area contributed by atoms with Gasteiger partial charge in [-0.25, -0.2) is 10.8 Å². The number of benzene rings is 1. The lowest BCUT2D eigenvalue weighted by Gasteiger charge is -2.19. The number of pyridine rings is 1. The molecule has 0 bridgehead atoms. The van der Waals surface area contributed by atoms with Gasteiger partial charge in [0, 0.05) is 25.2 Å². The highest BCUT2D eigenvalue weighted by Crippen LogP contribution is 2.24. The fraction of sp³-hybridized carbons (Fsp3) is 0.375. The SMILES string of the molecule is CC(C)CCN(C)C(=O)c1cnc(NN)c2ccccc12. The maximum Gasteiger partial charge on any atom is 0.255 e. The van der Waals surface area contributed by atoms with E-state index in [2.05, 4.69) is 24.3 Å². The van der Waals surface area contributed by atoms with Crippen molar-refractivity contribution < 1.29 is 4.79 Å². The van der Waals surface area contributed by atoms with Crippen LogP contribution >= 0.6 is 0 Å². The van der Waals surface area contributed by atoms with Crippen LogP contribution in [0.1, 0.15) is 30.6 Å². The molecule has 0 saturated heterocycles. The Morgan fingerprint density at radius 1 is 1.33 bits per heavy atom. The van der Waals surface area contributed by atoms with Gasteiger partial charge >= 0.3 is 0 Å². The number of aromatic nitrogens is 1. The number of nitrogen functional groups attached to an aromatic ring is 1. The van der Waals surface area contributed by atoms with E-state index >= 15 is 0 Å². The summed E-state index contributed by atoms with van der Waals surface area (Å²) < 4.78 is 0. The van der Waals surface area contributed by atoms with Crippen LogP contribution in [0.5, 0.6) is 0 Å². The quantitative estimate of drug-likeness (QED) is 0.655. The minimum Gasteiger partial charge on any atom is -0.342 e. The van der Waals surface area contributed by atoms with E-state index in [1.807, 2.05) is 31.3 Å². The third-order valence-corrected chi connectivity index (χ3v) is 3.55. The van der Waals surface area contributed by atoms with Gasteiger partial charge in [0.2, 0.25) is 0 Å². The highest BCUT2D eigenvalue weighted by Gasteiger charge is 2.16. The van der Waals surface area contributed by atoms with Crippen molar-refractivity contribution in [3.63, 3.8) is 0 Å². The molecule has 0 saturated carbocycles. The second-order valence-corrected chi connectivity index (χ2v) is 5.62. The molecule has 3 N–H and O–H groups in total. The third kappa shape index (κ3) is 3.31. The summed E-state index contributed by atoms with van der Waals surface area (Å²) in [6.07, 6.45) is 2.57. The number of carbonyl (C=O) groups excluding carboxylic acids is 1. The summed E-state index contributed by atoms with van der Waals surface area (Å²) >= 11 is 0. The molecule has 5 heteroatoms. The molecule has 0 atom stereocenters. The fourth-order valence-corrected chi connectivity index (χ4v) is 2.24. The Morgan fingerprint density at radius 3 is 2.62 bits per heavy atom. The zero-order valence-corrected chi connectivity index (χ0v) is 12.8. The number of nitrogens with two attached hydrogens (primary N) is 1. The molecule has 5 nitrogen and oxygen atoms in total. The number of nitrogens with one attached hydrogen (secondary N) is 1. The minimum atomic E-state index is -0.0112. The molecule has 2 rings (SSSR count). The van der Waals surface area contributed by atoms with Crippen molar-refractivity contribution >= 4 is 22.5 Å². The van der Waals surface area contributed by atoms with Gasteiger partial charge in [0.25, 0.3) is 5.91 Å². The van der Waals surface area contributed by atoms with Crippen LogP contribution in [0.2, 0.25) is 0 Å². The summed E-state index contributed by atoms with van der Waals surface area (Å²) in [6.45, 7) is 5.04. The van der Waals surface area contributed by atoms with Crippen molar-refractivity contribution in [3.8, 4) is 0 Å². The molecular weight excluding hydrogens is 264 g/mol. The molecule has 112 valence electrons. The maximum absolute atomic E-state index is 12.6. The lowest BCUT2D eigenvalue weighted by molar-refractivity contribution is 0.0791. The summed E-state index contributed by atoms with van der Waals surface area (Å²) in [7, 11) is 1.83. The van der Waals surface area contributed by atoms with E-state index in [0.29, 0.717) is 17.3 Å². The van der Waals surface area contributed by atoms with E-state index in [1.54, 1.807) is 11.1 Å². The van der Waals surface area contributed by atoms with Crippen LogP contribution in [0.15, 0.2) is 30.5 Å². The van der Waals surface area contributed by atoms with Gasteiger partial charge in [-0.05, 0) is 17.7 Å². The first-order valence-electron chi connectivity index (χ1n) is 7.14.